The van der Waals surface area contributed by atoms with E-state index in [0.29, 0.717) is 5.84 Å². The molecule has 0 aliphatic rings. The van der Waals surface area contributed by atoms with Gasteiger partial charge in [-0.2, -0.15) is 5.10 Å². The van der Waals surface area contributed by atoms with Crippen molar-refractivity contribution in [2.75, 3.05) is 5.01 Å². The normalized spacial score (nSPS) is 10.8. The van der Waals surface area contributed by atoms with E-state index < -0.39 is 5.97 Å². The molecule has 0 aliphatic carbocycles. The highest BCUT2D eigenvalue weighted by Crippen LogP contribution is 2.14. The summed E-state index contributed by atoms with van der Waals surface area (Å²) in [4.78, 5) is 14.4. The molecule has 0 aromatic heterocycles. The van der Waals surface area contributed by atoms with E-state index in [-0.39, 0.29) is 5.70 Å². The van der Waals surface area contributed by atoms with Crippen LogP contribution < -0.4 is 5.01 Å². The monoisotopic (exact) mass is 231 g/mol. The number of carbonyl (C=O) groups is 1. The van der Waals surface area contributed by atoms with Crippen molar-refractivity contribution in [2.24, 2.45) is 10.1 Å². The SMILES string of the molecule is C=NN(C(C)=NC(=C)C(=O)O)c1ccccc1. The van der Waals surface area contributed by atoms with Gasteiger partial charge < -0.3 is 5.11 Å². The first-order valence-electron chi connectivity index (χ1n) is 4.85. The second kappa shape index (κ2) is 5.60. The Morgan fingerprint density at radius 1 is 1.35 bits per heavy atom. The molecule has 0 atom stereocenters. The molecule has 1 N–H and O–H groups in total. The number of nitrogens with zero attached hydrogens (tertiary/aromatic N) is 3. The second-order valence-electron chi connectivity index (χ2n) is 3.20. The summed E-state index contributed by atoms with van der Waals surface area (Å²) in [6, 6.07) is 9.18. The van der Waals surface area contributed by atoms with Gasteiger partial charge in [0.05, 0.1) is 5.69 Å². The first-order valence-corrected chi connectivity index (χ1v) is 4.85. The van der Waals surface area contributed by atoms with Crippen LogP contribution in [0, 0.1) is 0 Å². The van der Waals surface area contributed by atoms with Crippen molar-refractivity contribution >= 4 is 24.2 Å². The fourth-order valence-corrected chi connectivity index (χ4v) is 1.23. The number of aliphatic carboxylic acids is 1. The number of carboxylic acid groups (broad SMARTS) is 1. The Balaban J connectivity index is 3.00. The predicted octanol–water partition coefficient (Wildman–Crippen LogP) is 2.13. The van der Waals surface area contributed by atoms with Crippen molar-refractivity contribution < 1.29 is 9.90 Å². The molecule has 88 valence electrons. The number of para-hydroxylation sites is 1. The van der Waals surface area contributed by atoms with Gasteiger partial charge in [0.1, 0.15) is 11.5 Å². The first-order chi connectivity index (χ1) is 8.06. The Kier molecular flexibility index (Phi) is 4.16. The van der Waals surface area contributed by atoms with Gasteiger partial charge in [-0.25, -0.2) is 14.8 Å². The lowest BCUT2D eigenvalue weighted by molar-refractivity contribution is -0.132. The fraction of sp³-hybridized carbons (Fsp3) is 0.0833. The van der Waals surface area contributed by atoms with E-state index in [0.717, 1.165) is 5.69 Å². The minimum atomic E-state index is -1.17. The second-order valence-corrected chi connectivity index (χ2v) is 3.20. The molecule has 0 saturated carbocycles. The van der Waals surface area contributed by atoms with Crippen molar-refractivity contribution in [3.8, 4) is 0 Å². The Morgan fingerprint density at radius 3 is 2.41 bits per heavy atom. The van der Waals surface area contributed by atoms with Crippen LogP contribution in [0.15, 0.2) is 52.7 Å². The summed E-state index contributed by atoms with van der Waals surface area (Å²) >= 11 is 0. The van der Waals surface area contributed by atoms with Gasteiger partial charge in [0.15, 0.2) is 0 Å². The maximum absolute atomic E-state index is 10.6. The fourth-order valence-electron chi connectivity index (χ4n) is 1.23. The van der Waals surface area contributed by atoms with Crippen LogP contribution >= 0.6 is 0 Å². The molecule has 0 unspecified atom stereocenters. The molecule has 0 bridgehead atoms. The van der Waals surface area contributed by atoms with Crippen molar-refractivity contribution in [3.05, 3.63) is 42.6 Å². The predicted molar refractivity (Wildman–Crippen MR) is 68.4 cm³/mol. The molecule has 0 radical (unpaired) electrons. The molecule has 0 amide bonds. The Morgan fingerprint density at radius 2 is 1.94 bits per heavy atom. The third-order valence-corrected chi connectivity index (χ3v) is 1.99. The Bertz CT molecular complexity index is 466. The largest absolute Gasteiger partial charge is 0.477 e. The summed E-state index contributed by atoms with van der Waals surface area (Å²) in [5, 5.41) is 13.9. The summed E-state index contributed by atoms with van der Waals surface area (Å²) < 4.78 is 0. The van der Waals surface area contributed by atoms with Crippen molar-refractivity contribution in [2.45, 2.75) is 6.92 Å². The average molecular weight is 231 g/mol. The van der Waals surface area contributed by atoms with E-state index >= 15 is 0 Å². The molecular weight excluding hydrogens is 218 g/mol. The number of hydrazone groups is 1. The van der Waals surface area contributed by atoms with Gasteiger partial charge in [-0.1, -0.05) is 24.8 Å². The molecule has 5 nitrogen and oxygen atoms in total. The Hall–Kier alpha value is -2.43. The number of hydrogen-bond donors (Lipinski definition) is 1. The lowest BCUT2D eigenvalue weighted by Crippen LogP contribution is -2.22. The molecule has 1 aromatic carbocycles. The highest BCUT2D eigenvalue weighted by molar-refractivity contribution is 5.99. The molecule has 1 aromatic rings. The van der Waals surface area contributed by atoms with Crippen molar-refractivity contribution in [3.63, 3.8) is 0 Å². The van der Waals surface area contributed by atoms with E-state index in [1.165, 1.54) is 5.01 Å². The minimum absolute atomic E-state index is 0.243. The third kappa shape index (κ3) is 3.27. The quantitative estimate of drug-likeness (QED) is 0.373. The smallest absolute Gasteiger partial charge is 0.353 e. The maximum Gasteiger partial charge on any atom is 0.353 e. The summed E-state index contributed by atoms with van der Waals surface area (Å²) in [6.45, 7) is 8.39. The third-order valence-electron chi connectivity index (χ3n) is 1.99. The molecular formula is C12H13N3O2. The number of rotatable bonds is 4. The number of carboxylic acids is 1. The van der Waals surface area contributed by atoms with Crippen LogP contribution in [0.3, 0.4) is 0 Å². The number of benzene rings is 1. The van der Waals surface area contributed by atoms with Crippen LogP contribution in [0.4, 0.5) is 5.69 Å². The summed E-state index contributed by atoms with van der Waals surface area (Å²) in [5.74, 6) is -0.778. The first kappa shape index (κ1) is 12.6. The van der Waals surface area contributed by atoms with Gasteiger partial charge >= 0.3 is 5.97 Å². The zero-order valence-corrected chi connectivity index (χ0v) is 9.50. The molecule has 0 heterocycles. The van der Waals surface area contributed by atoms with Gasteiger partial charge in [0.2, 0.25) is 0 Å². The molecule has 1 rings (SSSR count). The Labute approximate surface area is 99.4 Å². The lowest BCUT2D eigenvalue weighted by Gasteiger charge is -2.17. The number of hydrogen-bond acceptors (Lipinski definition) is 3. The van der Waals surface area contributed by atoms with Crippen molar-refractivity contribution in [1.82, 2.24) is 0 Å². The van der Waals surface area contributed by atoms with Crippen LogP contribution in [0.2, 0.25) is 0 Å². The van der Waals surface area contributed by atoms with Gasteiger partial charge in [0.25, 0.3) is 0 Å². The average Bonchev–Trinajstić information content (AvgIpc) is 2.31. The standard InChI is InChI=1S/C12H13N3O2/c1-9(12(16)17)14-10(2)15(13-3)11-7-5-4-6-8-11/h4-8H,1,3H2,2H3,(H,16,17). The van der Waals surface area contributed by atoms with E-state index in [1.54, 1.807) is 6.92 Å². The zero-order chi connectivity index (χ0) is 12.8. The van der Waals surface area contributed by atoms with Crippen molar-refractivity contribution in [1.29, 1.82) is 0 Å². The van der Waals surface area contributed by atoms with E-state index in [1.807, 2.05) is 30.3 Å². The summed E-state index contributed by atoms with van der Waals surface area (Å²) in [5.41, 5.74) is 0.508. The molecule has 0 aliphatic heterocycles. The van der Waals surface area contributed by atoms with Crippen LogP contribution in [0.25, 0.3) is 0 Å². The van der Waals surface area contributed by atoms with E-state index in [4.69, 9.17) is 5.11 Å². The minimum Gasteiger partial charge on any atom is -0.477 e. The zero-order valence-electron chi connectivity index (χ0n) is 9.50. The number of anilines is 1. The summed E-state index contributed by atoms with van der Waals surface area (Å²) in [6.07, 6.45) is 0. The molecule has 0 spiro atoms. The summed E-state index contributed by atoms with van der Waals surface area (Å²) in [7, 11) is 0. The van der Waals surface area contributed by atoms with Gasteiger partial charge in [0, 0.05) is 6.72 Å². The highest BCUT2D eigenvalue weighted by Gasteiger charge is 2.09. The molecule has 0 fully saturated rings. The molecule has 17 heavy (non-hydrogen) atoms. The highest BCUT2D eigenvalue weighted by atomic mass is 16.4. The van der Waals surface area contributed by atoms with Gasteiger partial charge in [-0.05, 0) is 19.1 Å². The van der Waals surface area contributed by atoms with Crippen LogP contribution in [0.1, 0.15) is 6.92 Å². The number of aliphatic imine (C=N–C) groups is 1. The maximum atomic E-state index is 10.6. The van der Waals surface area contributed by atoms with Crippen LogP contribution in [0.5, 0.6) is 0 Å². The molecule has 0 saturated heterocycles. The molecule has 5 heteroatoms. The topological polar surface area (TPSA) is 65.3 Å². The van der Waals surface area contributed by atoms with Crippen LogP contribution in [-0.4, -0.2) is 23.6 Å². The lowest BCUT2D eigenvalue weighted by atomic mass is 10.3. The van der Waals surface area contributed by atoms with E-state index in [2.05, 4.69) is 23.4 Å². The number of amidine groups is 1. The van der Waals surface area contributed by atoms with Crippen LogP contribution in [-0.2, 0) is 4.79 Å². The van der Waals surface area contributed by atoms with Gasteiger partial charge in [-0.15, -0.1) is 0 Å². The van der Waals surface area contributed by atoms with Gasteiger partial charge in [-0.3, -0.25) is 0 Å². The van der Waals surface area contributed by atoms with E-state index in [9.17, 15) is 4.79 Å².